The summed E-state index contributed by atoms with van der Waals surface area (Å²) in [6, 6.07) is -0.896. The van der Waals surface area contributed by atoms with E-state index in [-0.39, 0.29) is 19.0 Å². The van der Waals surface area contributed by atoms with Crippen LogP contribution in [0.4, 0.5) is 18.0 Å². The van der Waals surface area contributed by atoms with Crippen molar-refractivity contribution in [1.29, 1.82) is 0 Å². The molecule has 1 aliphatic heterocycles. The molecule has 0 saturated carbocycles. The topological polar surface area (TPSA) is 81.1 Å². The van der Waals surface area contributed by atoms with Gasteiger partial charge in [0, 0.05) is 19.6 Å². The van der Waals surface area contributed by atoms with E-state index >= 15 is 0 Å². The number of hydrogen-bond acceptors (Lipinski definition) is 3. The summed E-state index contributed by atoms with van der Waals surface area (Å²) in [5.74, 6) is -2.17. The minimum absolute atomic E-state index is 0.0928. The SMILES string of the molecule is CC1CN(C(=O)N(CCO)CC(F)(F)F)CC1C(=O)O. The number of carbonyl (C=O) groups excluding carboxylic acids is 1. The lowest BCUT2D eigenvalue weighted by molar-refractivity contribution is -0.143. The van der Waals surface area contributed by atoms with Crippen LogP contribution in [0.25, 0.3) is 0 Å². The zero-order valence-corrected chi connectivity index (χ0v) is 10.9. The number of carboxylic acid groups (broad SMARTS) is 1. The maximum atomic E-state index is 12.4. The molecule has 0 radical (unpaired) electrons. The molecule has 0 bridgehead atoms. The highest BCUT2D eigenvalue weighted by Gasteiger charge is 2.40. The predicted molar refractivity (Wildman–Crippen MR) is 62.0 cm³/mol. The Hall–Kier alpha value is -1.51. The molecule has 2 amide bonds. The van der Waals surface area contributed by atoms with Gasteiger partial charge in [-0.25, -0.2) is 4.79 Å². The van der Waals surface area contributed by atoms with Gasteiger partial charge in [-0.3, -0.25) is 4.79 Å². The molecule has 1 aliphatic rings. The van der Waals surface area contributed by atoms with E-state index in [2.05, 4.69) is 0 Å². The molecule has 1 fully saturated rings. The van der Waals surface area contributed by atoms with Crippen molar-refractivity contribution in [1.82, 2.24) is 9.80 Å². The molecule has 0 aromatic rings. The summed E-state index contributed by atoms with van der Waals surface area (Å²) in [6.07, 6.45) is -4.57. The number of aliphatic carboxylic acids is 1. The number of aliphatic hydroxyl groups is 1. The standard InChI is InChI=1S/C11H17F3N2O4/c1-7-4-16(5-8(7)9(18)19)10(20)15(2-3-17)6-11(12,13)14/h7-8,17H,2-6H2,1H3,(H,18,19). The van der Waals surface area contributed by atoms with Crippen LogP contribution in [0.2, 0.25) is 0 Å². The maximum absolute atomic E-state index is 12.4. The highest BCUT2D eigenvalue weighted by atomic mass is 19.4. The molecule has 1 heterocycles. The summed E-state index contributed by atoms with van der Waals surface area (Å²) in [4.78, 5) is 24.5. The zero-order chi connectivity index (χ0) is 15.5. The van der Waals surface area contributed by atoms with Crippen LogP contribution < -0.4 is 0 Å². The minimum Gasteiger partial charge on any atom is -0.481 e. The van der Waals surface area contributed by atoms with E-state index in [4.69, 9.17) is 10.2 Å². The summed E-state index contributed by atoms with van der Waals surface area (Å²) in [5.41, 5.74) is 0. The number of alkyl halides is 3. The molecule has 1 saturated heterocycles. The van der Waals surface area contributed by atoms with Crippen LogP contribution in [0.5, 0.6) is 0 Å². The first kappa shape index (κ1) is 16.5. The third-order valence-corrected chi connectivity index (χ3v) is 3.21. The van der Waals surface area contributed by atoms with Crippen molar-refractivity contribution in [2.24, 2.45) is 11.8 Å². The second-order valence-electron chi connectivity index (χ2n) is 4.87. The monoisotopic (exact) mass is 298 g/mol. The molecule has 1 rings (SSSR count). The van der Waals surface area contributed by atoms with E-state index in [9.17, 15) is 22.8 Å². The number of urea groups is 1. The van der Waals surface area contributed by atoms with Gasteiger partial charge in [0.1, 0.15) is 6.54 Å². The van der Waals surface area contributed by atoms with E-state index in [0.29, 0.717) is 4.90 Å². The van der Waals surface area contributed by atoms with Crippen LogP contribution in [0.15, 0.2) is 0 Å². The Balaban J connectivity index is 2.73. The number of rotatable bonds is 4. The molecule has 116 valence electrons. The summed E-state index contributed by atoms with van der Waals surface area (Å²) in [7, 11) is 0. The molecular weight excluding hydrogens is 281 g/mol. The van der Waals surface area contributed by atoms with E-state index < -0.39 is 43.8 Å². The first-order valence-corrected chi connectivity index (χ1v) is 6.10. The van der Waals surface area contributed by atoms with Crippen molar-refractivity contribution < 1.29 is 33.0 Å². The van der Waals surface area contributed by atoms with Crippen LogP contribution in [0, 0.1) is 11.8 Å². The van der Waals surface area contributed by atoms with Gasteiger partial charge in [0.05, 0.1) is 12.5 Å². The second kappa shape index (κ2) is 6.29. The van der Waals surface area contributed by atoms with Crippen LogP contribution in [-0.4, -0.2) is 71.0 Å². The summed E-state index contributed by atoms with van der Waals surface area (Å²) in [5, 5.41) is 17.7. The van der Waals surface area contributed by atoms with Gasteiger partial charge in [-0.1, -0.05) is 6.92 Å². The Labute approximate surface area is 113 Å². The first-order valence-electron chi connectivity index (χ1n) is 6.10. The van der Waals surface area contributed by atoms with Crippen molar-refractivity contribution in [2.75, 3.05) is 32.8 Å². The Morgan fingerprint density at radius 1 is 1.35 bits per heavy atom. The molecule has 0 aliphatic carbocycles. The van der Waals surface area contributed by atoms with Gasteiger partial charge in [-0.2, -0.15) is 13.2 Å². The van der Waals surface area contributed by atoms with Gasteiger partial charge < -0.3 is 20.0 Å². The summed E-state index contributed by atoms with van der Waals surface area (Å²) < 4.78 is 37.1. The Morgan fingerprint density at radius 2 is 1.95 bits per heavy atom. The number of likely N-dealkylation sites (tertiary alicyclic amines) is 1. The first-order chi connectivity index (χ1) is 9.15. The average Bonchev–Trinajstić information content (AvgIpc) is 2.68. The van der Waals surface area contributed by atoms with Crippen LogP contribution in [-0.2, 0) is 4.79 Å². The fourth-order valence-corrected chi connectivity index (χ4v) is 2.22. The Morgan fingerprint density at radius 3 is 2.35 bits per heavy atom. The largest absolute Gasteiger partial charge is 0.481 e. The summed E-state index contributed by atoms with van der Waals surface area (Å²) >= 11 is 0. The Kier molecular flexibility index (Phi) is 5.21. The van der Waals surface area contributed by atoms with Crippen LogP contribution in [0.3, 0.4) is 0 Å². The number of carbonyl (C=O) groups is 2. The molecular formula is C11H17F3N2O4. The molecule has 9 heteroatoms. The minimum atomic E-state index is -4.57. The predicted octanol–water partition coefficient (Wildman–Crippen LogP) is 0.616. The highest BCUT2D eigenvalue weighted by molar-refractivity contribution is 5.77. The smallest absolute Gasteiger partial charge is 0.406 e. The van der Waals surface area contributed by atoms with E-state index in [0.717, 1.165) is 4.90 Å². The Bertz CT molecular complexity index is 375. The van der Waals surface area contributed by atoms with Crippen LogP contribution >= 0.6 is 0 Å². The highest BCUT2D eigenvalue weighted by Crippen LogP contribution is 2.25. The number of amides is 2. The fourth-order valence-electron chi connectivity index (χ4n) is 2.22. The lowest BCUT2D eigenvalue weighted by Crippen LogP contribution is -2.47. The third-order valence-electron chi connectivity index (χ3n) is 3.21. The van der Waals surface area contributed by atoms with Gasteiger partial charge in [-0.15, -0.1) is 0 Å². The number of aliphatic hydroxyl groups excluding tert-OH is 1. The van der Waals surface area contributed by atoms with Gasteiger partial charge in [-0.05, 0) is 5.92 Å². The average molecular weight is 298 g/mol. The van der Waals surface area contributed by atoms with Crippen LogP contribution in [0.1, 0.15) is 6.92 Å². The van der Waals surface area contributed by atoms with Crippen molar-refractivity contribution >= 4 is 12.0 Å². The molecule has 2 N–H and O–H groups in total. The third kappa shape index (κ3) is 4.26. The maximum Gasteiger partial charge on any atom is 0.406 e. The fraction of sp³-hybridized carbons (Fsp3) is 0.818. The zero-order valence-electron chi connectivity index (χ0n) is 10.9. The van der Waals surface area contributed by atoms with Crippen molar-refractivity contribution in [3.05, 3.63) is 0 Å². The lowest BCUT2D eigenvalue weighted by Gasteiger charge is -2.28. The molecule has 2 atom stereocenters. The summed E-state index contributed by atoms with van der Waals surface area (Å²) in [6.45, 7) is -0.888. The molecule has 20 heavy (non-hydrogen) atoms. The molecule has 6 nitrogen and oxygen atoms in total. The quantitative estimate of drug-likeness (QED) is 0.797. The van der Waals surface area contributed by atoms with Gasteiger partial charge in [0.25, 0.3) is 0 Å². The van der Waals surface area contributed by atoms with Crippen molar-refractivity contribution in [2.45, 2.75) is 13.1 Å². The lowest BCUT2D eigenvalue weighted by atomic mass is 9.99. The normalized spacial score (nSPS) is 22.9. The number of hydrogen-bond donors (Lipinski definition) is 2. The van der Waals surface area contributed by atoms with Crippen molar-refractivity contribution in [3.8, 4) is 0 Å². The second-order valence-corrected chi connectivity index (χ2v) is 4.87. The van der Waals surface area contributed by atoms with E-state index in [1.54, 1.807) is 6.92 Å². The van der Waals surface area contributed by atoms with Crippen molar-refractivity contribution in [3.63, 3.8) is 0 Å². The number of halogens is 3. The molecule has 2 unspecified atom stereocenters. The van der Waals surface area contributed by atoms with Gasteiger partial charge >= 0.3 is 18.2 Å². The van der Waals surface area contributed by atoms with E-state index in [1.807, 2.05) is 0 Å². The number of nitrogens with zero attached hydrogens (tertiary/aromatic N) is 2. The van der Waals surface area contributed by atoms with E-state index in [1.165, 1.54) is 0 Å². The molecule has 0 aromatic heterocycles. The molecule has 0 spiro atoms. The van der Waals surface area contributed by atoms with Gasteiger partial charge in [0.2, 0.25) is 0 Å². The number of carboxylic acids is 1. The van der Waals surface area contributed by atoms with Gasteiger partial charge in [0.15, 0.2) is 0 Å². The molecule has 0 aromatic carbocycles.